The van der Waals surface area contributed by atoms with E-state index in [0.29, 0.717) is 0 Å². The monoisotopic (exact) mass is 158 g/mol. The number of hydrogen-bond donors (Lipinski definition) is 0. The van der Waals surface area contributed by atoms with Crippen LogP contribution >= 0.6 is 0 Å². The summed E-state index contributed by atoms with van der Waals surface area (Å²) in [6.07, 6.45) is 4.48. The molecule has 1 saturated carbocycles. The van der Waals surface area contributed by atoms with Gasteiger partial charge in [0.1, 0.15) is 0 Å². The van der Waals surface area contributed by atoms with Gasteiger partial charge in [-0.2, -0.15) is 0 Å². The fourth-order valence-corrected chi connectivity index (χ4v) is 1.11. The van der Waals surface area contributed by atoms with Crippen molar-refractivity contribution in [2.24, 2.45) is 11.8 Å². The standard InChI is InChI=1S/C7H14.2C2H6/c1-6(2)7-4-3-5-7;2*1-2/h6-7H,3-5H2,1-2H3;2*1-2H3. The molecule has 0 heteroatoms. The Bertz CT molecular complexity index is 51.1. The Hall–Kier alpha value is 0. The Morgan fingerprint density at radius 1 is 0.909 bits per heavy atom. The molecule has 0 bridgehead atoms. The highest BCUT2D eigenvalue weighted by Crippen LogP contribution is 2.32. The molecular formula is C11H26. The molecule has 1 fully saturated rings. The third-order valence-corrected chi connectivity index (χ3v) is 2.09. The van der Waals surface area contributed by atoms with E-state index in [1.54, 1.807) is 0 Å². The predicted molar refractivity (Wildman–Crippen MR) is 54.9 cm³/mol. The van der Waals surface area contributed by atoms with Crippen LogP contribution in [0.5, 0.6) is 0 Å². The molecule has 0 aliphatic heterocycles. The van der Waals surface area contributed by atoms with Crippen LogP contribution in [0.4, 0.5) is 0 Å². The quantitative estimate of drug-likeness (QED) is 0.527. The zero-order valence-electron chi connectivity index (χ0n) is 9.28. The van der Waals surface area contributed by atoms with Crippen molar-refractivity contribution < 1.29 is 0 Å². The van der Waals surface area contributed by atoms with Crippen molar-refractivity contribution in [3.05, 3.63) is 0 Å². The van der Waals surface area contributed by atoms with Gasteiger partial charge in [-0.1, -0.05) is 60.8 Å². The van der Waals surface area contributed by atoms with Gasteiger partial charge in [-0.15, -0.1) is 0 Å². The van der Waals surface area contributed by atoms with E-state index >= 15 is 0 Å². The summed E-state index contributed by atoms with van der Waals surface area (Å²) in [7, 11) is 0. The first-order valence-corrected chi connectivity index (χ1v) is 5.30. The molecule has 0 heterocycles. The lowest BCUT2D eigenvalue weighted by Gasteiger charge is -2.28. The van der Waals surface area contributed by atoms with Gasteiger partial charge in [-0.25, -0.2) is 0 Å². The summed E-state index contributed by atoms with van der Waals surface area (Å²) >= 11 is 0. The van der Waals surface area contributed by atoms with Crippen molar-refractivity contribution in [2.75, 3.05) is 0 Å². The molecule has 1 aliphatic rings. The molecule has 1 rings (SSSR count). The van der Waals surface area contributed by atoms with Crippen LogP contribution in [0.25, 0.3) is 0 Å². The van der Waals surface area contributed by atoms with Crippen LogP contribution in [0.1, 0.15) is 60.8 Å². The van der Waals surface area contributed by atoms with Crippen LogP contribution in [0.2, 0.25) is 0 Å². The molecule has 0 N–H and O–H groups in total. The maximum Gasteiger partial charge on any atom is -0.0391 e. The summed E-state index contributed by atoms with van der Waals surface area (Å²) in [5.74, 6) is 2.04. The molecular weight excluding hydrogens is 132 g/mol. The van der Waals surface area contributed by atoms with Gasteiger partial charge in [0.15, 0.2) is 0 Å². The van der Waals surface area contributed by atoms with Crippen LogP contribution in [0.15, 0.2) is 0 Å². The number of hydrogen-bond acceptors (Lipinski definition) is 0. The Labute approximate surface area is 73.4 Å². The molecule has 0 spiro atoms. The van der Waals surface area contributed by atoms with Crippen LogP contribution in [-0.2, 0) is 0 Å². The first-order chi connectivity index (χ1) is 5.30. The zero-order chi connectivity index (χ0) is 9.28. The van der Waals surface area contributed by atoms with Crippen molar-refractivity contribution in [3.8, 4) is 0 Å². The molecule has 1 aliphatic carbocycles. The summed E-state index contributed by atoms with van der Waals surface area (Å²) < 4.78 is 0. The molecule has 0 aromatic rings. The van der Waals surface area contributed by atoms with Crippen molar-refractivity contribution >= 4 is 0 Å². The van der Waals surface area contributed by atoms with Gasteiger partial charge in [0.05, 0.1) is 0 Å². The van der Waals surface area contributed by atoms with Gasteiger partial charge in [0.2, 0.25) is 0 Å². The van der Waals surface area contributed by atoms with Gasteiger partial charge in [-0.3, -0.25) is 0 Å². The van der Waals surface area contributed by atoms with Gasteiger partial charge in [0.25, 0.3) is 0 Å². The van der Waals surface area contributed by atoms with E-state index in [4.69, 9.17) is 0 Å². The van der Waals surface area contributed by atoms with E-state index in [1.807, 2.05) is 27.7 Å². The fraction of sp³-hybridized carbons (Fsp3) is 1.00. The van der Waals surface area contributed by atoms with Gasteiger partial charge < -0.3 is 0 Å². The Morgan fingerprint density at radius 2 is 1.27 bits per heavy atom. The van der Waals surface area contributed by atoms with Crippen LogP contribution in [0, 0.1) is 11.8 Å². The highest BCUT2D eigenvalue weighted by atomic mass is 14.3. The first-order valence-electron chi connectivity index (χ1n) is 5.30. The third-order valence-electron chi connectivity index (χ3n) is 2.09. The Kier molecular flexibility index (Phi) is 12.3. The smallest absolute Gasteiger partial charge is 0.0391 e. The maximum atomic E-state index is 2.32. The van der Waals surface area contributed by atoms with Gasteiger partial charge in [-0.05, 0) is 11.8 Å². The average molecular weight is 158 g/mol. The lowest BCUT2D eigenvalue weighted by atomic mass is 9.78. The minimum absolute atomic E-state index is 0.953. The minimum Gasteiger partial charge on any atom is -0.0683 e. The second kappa shape index (κ2) is 10.0. The summed E-state index contributed by atoms with van der Waals surface area (Å²) in [4.78, 5) is 0. The van der Waals surface area contributed by atoms with Crippen LogP contribution in [0.3, 0.4) is 0 Å². The largest absolute Gasteiger partial charge is 0.0683 e. The van der Waals surface area contributed by atoms with Crippen molar-refractivity contribution in [2.45, 2.75) is 60.8 Å². The molecule has 0 saturated heterocycles. The summed E-state index contributed by atoms with van der Waals surface area (Å²) in [6, 6.07) is 0. The van der Waals surface area contributed by atoms with Crippen molar-refractivity contribution in [1.29, 1.82) is 0 Å². The van der Waals surface area contributed by atoms with E-state index in [9.17, 15) is 0 Å². The normalized spacial score (nSPS) is 15.5. The predicted octanol–water partition coefficient (Wildman–Crippen LogP) is 4.49. The summed E-state index contributed by atoms with van der Waals surface area (Å²) in [5.41, 5.74) is 0. The molecule has 0 aromatic carbocycles. The first kappa shape index (κ1) is 13.6. The third kappa shape index (κ3) is 6.40. The Balaban J connectivity index is 0. The highest BCUT2D eigenvalue weighted by molar-refractivity contribution is 4.71. The molecule has 0 nitrogen and oxygen atoms in total. The zero-order valence-corrected chi connectivity index (χ0v) is 9.28. The Morgan fingerprint density at radius 3 is 1.27 bits per heavy atom. The molecule has 0 aromatic heterocycles. The van der Waals surface area contributed by atoms with E-state index in [1.165, 1.54) is 19.3 Å². The second-order valence-corrected chi connectivity index (χ2v) is 2.94. The minimum atomic E-state index is 0.953. The number of rotatable bonds is 1. The van der Waals surface area contributed by atoms with Crippen molar-refractivity contribution in [1.82, 2.24) is 0 Å². The molecule has 11 heavy (non-hydrogen) atoms. The van der Waals surface area contributed by atoms with E-state index < -0.39 is 0 Å². The lowest BCUT2D eigenvalue weighted by molar-refractivity contribution is 0.235. The SMILES string of the molecule is CC.CC.CC(C)C1CCC1. The summed E-state index contributed by atoms with van der Waals surface area (Å²) in [6.45, 7) is 12.6. The average Bonchev–Trinajstić information content (AvgIpc) is 1.92. The van der Waals surface area contributed by atoms with Crippen molar-refractivity contribution in [3.63, 3.8) is 0 Å². The summed E-state index contributed by atoms with van der Waals surface area (Å²) in [5, 5.41) is 0. The molecule has 0 atom stereocenters. The maximum absolute atomic E-state index is 2.32. The lowest BCUT2D eigenvalue weighted by Crippen LogP contribution is -2.16. The van der Waals surface area contributed by atoms with E-state index in [2.05, 4.69) is 13.8 Å². The molecule has 0 amide bonds. The van der Waals surface area contributed by atoms with Crippen LogP contribution < -0.4 is 0 Å². The topological polar surface area (TPSA) is 0 Å². The second-order valence-electron chi connectivity index (χ2n) is 2.94. The molecule has 70 valence electrons. The molecule has 0 radical (unpaired) electrons. The highest BCUT2D eigenvalue weighted by Gasteiger charge is 2.19. The van der Waals surface area contributed by atoms with Crippen LogP contribution in [-0.4, -0.2) is 0 Å². The van der Waals surface area contributed by atoms with E-state index in [-0.39, 0.29) is 0 Å². The van der Waals surface area contributed by atoms with E-state index in [0.717, 1.165) is 11.8 Å². The molecule has 0 unspecified atom stereocenters. The van der Waals surface area contributed by atoms with Gasteiger partial charge in [0, 0.05) is 0 Å². The fourth-order valence-electron chi connectivity index (χ4n) is 1.11. The van der Waals surface area contributed by atoms with Gasteiger partial charge >= 0.3 is 0 Å².